The standard InChI is InChI=1S/C8H12F2N2S/c1-8(9,10)6-5-13-7(12-6)3-2-4-11/h5H,2-4,11H2,1H3. The maximum atomic E-state index is 12.7. The number of hydrogen-bond donors (Lipinski definition) is 1. The second-order valence-electron chi connectivity index (χ2n) is 2.91. The highest BCUT2D eigenvalue weighted by molar-refractivity contribution is 7.09. The number of thiazole rings is 1. The summed E-state index contributed by atoms with van der Waals surface area (Å²) in [6.07, 6.45) is 1.49. The Bertz CT molecular complexity index is 267. The molecule has 0 radical (unpaired) electrons. The number of alkyl halides is 2. The summed E-state index contributed by atoms with van der Waals surface area (Å²) in [5, 5.41) is 2.15. The first kappa shape index (κ1) is 10.5. The molecule has 2 N–H and O–H groups in total. The summed E-state index contributed by atoms with van der Waals surface area (Å²) in [6.45, 7) is 1.42. The third kappa shape index (κ3) is 3.00. The molecule has 0 aliphatic heterocycles. The zero-order valence-corrected chi connectivity index (χ0v) is 8.20. The van der Waals surface area contributed by atoms with E-state index >= 15 is 0 Å². The highest BCUT2D eigenvalue weighted by Crippen LogP contribution is 2.28. The predicted molar refractivity (Wildman–Crippen MR) is 49.1 cm³/mol. The van der Waals surface area contributed by atoms with Crippen LogP contribution < -0.4 is 5.73 Å². The van der Waals surface area contributed by atoms with Crippen LogP contribution in [0.3, 0.4) is 0 Å². The Balaban J connectivity index is 2.64. The van der Waals surface area contributed by atoms with Gasteiger partial charge in [-0.25, -0.2) is 4.98 Å². The molecule has 13 heavy (non-hydrogen) atoms. The van der Waals surface area contributed by atoms with E-state index in [1.807, 2.05) is 0 Å². The van der Waals surface area contributed by atoms with Crippen LogP contribution in [-0.4, -0.2) is 11.5 Å². The Morgan fingerprint density at radius 3 is 2.77 bits per heavy atom. The molecule has 2 nitrogen and oxygen atoms in total. The second-order valence-corrected chi connectivity index (χ2v) is 3.85. The maximum Gasteiger partial charge on any atom is 0.287 e. The summed E-state index contributed by atoms with van der Waals surface area (Å²) in [6, 6.07) is 0. The molecule has 0 unspecified atom stereocenters. The molecule has 0 spiro atoms. The lowest BCUT2D eigenvalue weighted by Crippen LogP contribution is -2.07. The van der Waals surface area contributed by atoms with E-state index in [1.165, 1.54) is 16.7 Å². The number of hydrogen-bond acceptors (Lipinski definition) is 3. The van der Waals surface area contributed by atoms with Crippen molar-refractivity contribution >= 4 is 11.3 Å². The van der Waals surface area contributed by atoms with Gasteiger partial charge in [-0.05, 0) is 13.0 Å². The van der Waals surface area contributed by atoms with Gasteiger partial charge in [-0.3, -0.25) is 0 Å². The minimum atomic E-state index is -2.82. The molecule has 0 aromatic carbocycles. The number of aryl methyl sites for hydroxylation is 1. The highest BCUT2D eigenvalue weighted by atomic mass is 32.1. The van der Waals surface area contributed by atoms with Gasteiger partial charge in [0, 0.05) is 18.7 Å². The zero-order chi connectivity index (χ0) is 9.90. The first-order valence-electron chi connectivity index (χ1n) is 4.07. The topological polar surface area (TPSA) is 38.9 Å². The smallest absolute Gasteiger partial charge is 0.287 e. The number of aromatic nitrogens is 1. The van der Waals surface area contributed by atoms with E-state index in [1.54, 1.807) is 0 Å². The third-order valence-electron chi connectivity index (χ3n) is 1.60. The van der Waals surface area contributed by atoms with Crippen LogP contribution in [0.4, 0.5) is 8.78 Å². The van der Waals surface area contributed by atoms with Gasteiger partial charge in [0.05, 0.1) is 5.01 Å². The lowest BCUT2D eigenvalue weighted by molar-refractivity contribution is 0.0132. The molecule has 0 fully saturated rings. The van der Waals surface area contributed by atoms with Crippen LogP contribution >= 0.6 is 11.3 Å². The van der Waals surface area contributed by atoms with Crippen molar-refractivity contribution in [2.24, 2.45) is 5.73 Å². The lowest BCUT2D eigenvalue weighted by Gasteiger charge is -2.04. The van der Waals surface area contributed by atoms with Crippen molar-refractivity contribution in [1.82, 2.24) is 4.98 Å². The van der Waals surface area contributed by atoms with Crippen LogP contribution in [0.25, 0.3) is 0 Å². The molecule has 0 saturated carbocycles. The van der Waals surface area contributed by atoms with E-state index in [0.717, 1.165) is 18.4 Å². The molecule has 0 amide bonds. The van der Waals surface area contributed by atoms with Gasteiger partial charge >= 0.3 is 0 Å². The number of nitrogens with two attached hydrogens (primary N) is 1. The van der Waals surface area contributed by atoms with E-state index in [-0.39, 0.29) is 5.69 Å². The Hall–Kier alpha value is -0.550. The minimum absolute atomic E-state index is 0.135. The third-order valence-corrected chi connectivity index (χ3v) is 2.50. The van der Waals surface area contributed by atoms with Crippen molar-refractivity contribution in [2.75, 3.05) is 6.54 Å². The molecular formula is C8H12F2N2S. The fourth-order valence-electron chi connectivity index (χ4n) is 0.881. The summed E-state index contributed by atoms with van der Waals surface area (Å²) in [5.74, 6) is -2.82. The molecule has 0 aliphatic rings. The SMILES string of the molecule is CC(F)(F)c1csc(CCCN)n1. The van der Waals surface area contributed by atoms with Crippen LogP contribution in [0.5, 0.6) is 0 Å². The first-order valence-corrected chi connectivity index (χ1v) is 4.95. The number of halogens is 2. The molecule has 0 atom stereocenters. The molecule has 1 rings (SSSR count). The molecule has 74 valence electrons. The van der Waals surface area contributed by atoms with Gasteiger partial charge < -0.3 is 5.73 Å². The summed E-state index contributed by atoms with van der Waals surface area (Å²) < 4.78 is 25.4. The van der Waals surface area contributed by atoms with E-state index in [4.69, 9.17) is 5.73 Å². The monoisotopic (exact) mass is 206 g/mol. The van der Waals surface area contributed by atoms with Gasteiger partial charge in [-0.15, -0.1) is 11.3 Å². The van der Waals surface area contributed by atoms with Crippen LogP contribution in [-0.2, 0) is 12.3 Å². The number of nitrogens with zero attached hydrogens (tertiary/aromatic N) is 1. The van der Waals surface area contributed by atoms with Crippen molar-refractivity contribution < 1.29 is 8.78 Å². The molecule has 0 aliphatic carbocycles. The van der Waals surface area contributed by atoms with Gasteiger partial charge in [-0.1, -0.05) is 0 Å². The van der Waals surface area contributed by atoms with Gasteiger partial charge in [0.15, 0.2) is 0 Å². The second kappa shape index (κ2) is 4.11. The summed E-state index contributed by atoms with van der Waals surface area (Å²) in [5.41, 5.74) is 5.16. The predicted octanol–water partition coefficient (Wildman–Crippen LogP) is 2.15. The zero-order valence-electron chi connectivity index (χ0n) is 7.39. The fourth-order valence-corrected chi connectivity index (χ4v) is 1.80. The maximum absolute atomic E-state index is 12.7. The van der Waals surface area contributed by atoms with Crippen molar-refractivity contribution in [3.8, 4) is 0 Å². The molecule has 0 bridgehead atoms. The minimum Gasteiger partial charge on any atom is -0.330 e. The summed E-state index contributed by atoms with van der Waals surface area (Å²) in [7, 11) is 0. The Morgan fingerprint density at radius 2 is 2.31 bits per heavy atom. The normalized spacial score (nSPS) is 12.0. The first-order chi connectivity index (χ1) is 6.04. The van der Waals surface area contributed by atoms with E-state index in [2.05, 4.69) is 4.98 Å². The fraction of sp³-hybridized carbons (Fsp3) is 0.625. The largest absolute Gasteiger partial charge is 0.330 e. The van der Waals surface area contributed by atoms with Crippen LogP contribution in [0.15, 0.2) is 5.38 Å². The Labute approximate surface area is 79.8 Å². The summed E-state index contributed by atoms with van der Waals surface area (Å²) in [4.78, 5) is 3.83. The van der Waals surface area contributed by atoms with Gasteiger partial charge in [-0.2, -0.15) is 8.78 Å². The van der Waals surface area contributed by atoms with Crippen LogP contribution in [0.2, 0.25) is 0 Å². The molecular weight excluding hydrogens is 194 g/mol. The number of rotatable bonds is 4. The van der Waals surface area contributed by atoms with Crippen molar-refractivity contribution in [1.29, 1.82) is 0 Å². The van der Waals surface area contributed by atoms with Crippen LogP contribution in [0, 0.1) is 0 Å². The average molecular weight is 206 g/mol. The molecule has 5 heteroatoms. The van der Waals surface area contributed by atoms with Gasteiger partial charge in [0.25, 0.3) is 5.92 Å². The lowest BCUT2D eigenvalue weighted by atomic mass is 10.3. The molecule has 1 aromatic rings. The highest BCUT2D eigenvalue weighted by Gasteiger charge is 2.27. The quantitative estimate of drug-likeness (QED) is 0.819. The van der Waals surface area contributed by atoms with E-state index in [9.17, 15) is 8.78 Å². The van der Waals surface area contributed by atoms with Gasteiger partial charge in [0.2, 0.25) is 0 Å². The Kier molecular flexibility index (Phi) is 3.33. The molecule has 0 saturated heterocycles. The van der Waals surface area contributed by atoms with Crippen molar-refractivity contribution in [2.45, 2.75) is 25.7 Å². The van der Waals surface area contributed by atoms with E-state index in [0.29, 0.717) is 13.0 Å². The van der Waals surface area contributed by atoms with Gasteiger partial charge in [0.1, 0.15) is 5.69 Å². The van der Waals surface area contributed by atoms with Crippen LogP contribution in [0.1, 0.15) is 24.0 Å². The molecule has 1 heterocycles. The summed E-state index contributed by atoms with van der Waals surface area (Å²) >= 11 is 1.27. The molecule has 1 aromatic heterocycles. The Morgan fingerprint density at radius 1 is 1.62 bits per heavy atom. The van der Waals surface area contributed by atoms with Crippen molar-refractivity contribution in [3.63, 3.8) is 0 Å². The average Bonchev–Trinajstić information content (AvgIpc) is 2.47. The van der Waals surface area contributed by atoms with E-state index < -0.39 is 5.92 Å². The van der Waals surface area contributed by atoms with Crippen molar-refractivity contribution in [3.05, 3.63) is 16.1 Å².